The number of nitrogens with zero attached hydrogens (tertiary/aromatic N) is 1. The highest BCUT2D eigenvalue weighted by Crippen LogP contribution is 2.02. The second-order valence-electron chi connectivity index (χ2n) is 2.83. The maximum Gasteiger partial charge on any atom is 0.317 e. The molecule has 3 N–H and O–H groups in total. The van der Waals surface area contributed by atoms with Gasteiger partial charge in [-0.25, -0.2) is 0 Å². The summed E-state index contributed by atoms with van der Waals surface area (Å²) < 4.78 is 0. The molecule has 14 heavy (non-hydrogen) atoms. The van der Waals surface area contributed by atoms with E-state index in [9.17, 15) is 9.59 Å². The molecule has 5 nitrogen and oxygen atoms in total. The Kier molecular flexibility index (Phi) is 5.34. The summed E-state index contributed by atoms with van der Waals surface area (Å²) in [7, 11) is 0. The van der Waals surface area contributed by atoms with Crippen molar-refractivity contribution in [2.45, 2.75) is 19.4 Å². The lowest BCUT2D eigenvalue weighted by atomic mass is 10.2. The Morgan fingerprint density at radius 2 is 2.21 bits per heavy atom. The average molecular weight is 198 g/mol. The topological polar surface area (TPSA) is 83.6 Å². The Balaban J connectivity index is 4.52. The second-order valence-corrected chi connectivity index (χ2v) is 2.83. The van der Waals surface area contributed by atoms with Crippen LogP contribution in [0.25, 0.3) is 0 Å². The van der Waals surface area contributed by atoms with Crippen molar-refractivity contribution in [3.05, 3.63) is 0 Å². The predicted octanol–water partition coefficient (Wildman–Crippen LogP) is -0.730. The number of primary amides is 1. The van der Waals surface area contributed by atoms with Crippen LogP contribution in [0, 0.1) is 12.3 Å². The molecule has 0 aliphatic carbocycles. The number of aliphatic carboxylic acids is 1. The van der Waals surface area contributed by atoms with Gasteiger partial charge in [-0.05, 0) is 6.42 Å². The van der Waals surface area contributed by atoms with Crippen LogP contribution in [0.15, 0.2) is 0 Å². The molecule has 0 fully saturated rings. The van der Waals surface area contributed by atoms with Gasteiger partial charge in [0.15, 0.2) is 0 Å². The van der Waals surface area contributed by atoms with Crippen molar-refractivity contribution in [2.24, 2.45) is 5.73 Å². The lowest BCUT2D eigenvalue weighted by Gasteiger charge is -2.24. The normalized spacial score (nSPS) is 12.1. The number of hydrogen-bond donors (Lipinski definition) is 2. The number of carboxylic acids is 1. The Hall–Kier alpha value is -1.54. The summed E-state index contributed by atoms with van der Waals surface area (Å²) in [5.41, 5.74) is 5.11. The van der Waals surface area contributed by atoms with Gasteiger partial charge in [-0.3, -0.25) is 14.5 Å². The summed E-state index contributed by atoms with van der Waals surface area (Å²) in [6.07, 6.45) is 5.51. The first-order valence-corrected chi connectivity index (χ1v) is 4.21. The van der Waals surface area contributed by atoms with E-state index in [1.165, 1.54) is 4.90 Å². The van der Waals surface area contributed by atoms with Gasteiger partial charge >= 0.3 is 5.97 Å². The molecule has 0 rings (SSSR count). The van der Waals surface area contributed by atoms with Crippen LogP contribution in [0.3, 0.4) is 0 Å². The van der Waals surface area contributed by atoms with Crippen LogP contribution in [0.1, 0.15) is 13.3 Å². The zero-order chi connectivity index (χ0) is 11.1. The first-order chi connectivity index (χ1) is 6.52. The molecule has 1 amide bonds. The fourth-order valence-corrected chi connectivity index (χ4v) is 1.21. The van der Waals surface area contributed by atoms with E-state index in [1.54, 1.807) is 6.92 Å². The molecule has 0 spiro atoms. The van der Waals surface area contributed by atoms with E-state index in [0.717, 1.165) is 0 Å². The van der Waals surface area contributed by atoms with Crippen molar-refractivity contribution >= 4 is 11.9 Å². The minimum absolute atomic E-state index is 0.105. The van der Waals surface area contributed by atoms with Crippen molar-refractivity contribution in [3.8, 4) is 12.3 Å². The predicted molar refractivity (Wildman–Crippen MR) is 51.3 cm³/mol. The summed E-state index contributed by atoms with van der Waals surface area (Å²) >= 11 is 0. The summed E-state index contributed by atoms with van der Waals surface area (Å²) in [4.78, 5) is 22.8. The number of carbonyl (C=O) groups is 2. The number of amides is 1. The fraction of sp³-hybridized carbons (Fsp3) is 0.556. The van der Waals surface area contributed by atoms with E-state index >= 15 is 0 Å². The van der Waals surface area contributed by atoms with Gasteiger partial charge in [-0.2, -0.15) is 0 Å². The van der Waals surface area contributed by atoms with Crippen molar-refractivity contribution < 1.29 is 14.7 Å². The third-order valence-electron chi connectivity index (χ3n) is 1.79. The van der Waals surface area contributed by atoms with Gasteiger partial charge < -0.3 is 10.8 Å². The molecule has 0 heterocycles. The van der Waals surface area contributed by atoms with Crippen molar-refractivity contribution in [3.63, 3.8) is 0 Å². The molecular weight excluding hydrogens is 184 g/mol. The molecule has 0 radical (unpaired) electrons. The Morgan fingerprint density at radius 3 is 2.50 bits per heavy atom. The van der Waals surface area contributed by atoms with Gasteiger partial charge in [-0.1, -0.05) is 12.8 Å². The minimum atomic E-state index is -1.03. The number of carboxylic acid groups (broad SMARTS) is 1. The quantitative estimate of drug-likeness (QED) is 0.551. The molecule has 0 aliphatic rings. The SMILES string of the molecule is C#CCN(CC(=O)O)C(CC)C(N)=O. The molecule has 0 bridgehead atoms. The monoisotopic (exact) mass is 198 g/mol. The number of rotatable bonds is 6. The van der Waals surface area contributed by atoms with Crippen molar-refractivity contribution in [1.29, 1.82) is 0 Å². The maximum absolute atomic E-state index is 10.9. The molecule has 0 aromatic carbocycles. The maximum atomic E-state index is 10.9. The zero-order valence-corrected chi connectivity index (χ0v) is 8.06. The Morgan fingerprint density at radius 1 is 1.64 bits per heavy atom. The Labute approximate surface area is 82.9 Å². The van der Waals surface area contributed by atoms with Crippen LogP contribution in [-0.2, 0) is 9.59 Å². The third-order valence-corrected chi connectivity index (χ3v) is 1.79. The highest BCUT2D eigenvalue weighted by molar-refractivity contribution is 5.80. The van der Waals surface area contributed by atoms with E-state index in [-0.39, 0.29) is 13.1 Å². The largest absolute Gasteiger partial charge is 0.480 e. The molecule has 0 aromatic heterocycles. The first kappa shape index (κ1) is 12.5. The highest BCUT2D eigenvalue weighted by atomic mass is 16.4. The molecule has 0 aromatic rings. The van der Waals surface area contributed by atoms with Crippen molar-refractivity contribution in [1.82, 2.24) is 4.90 Å². The molecular formula is C9H14N2O3. The van der Waals surface area contributed by atoms with Gasteiger partial charge in [0.25, 0.3) is 0 Å². The van der Waals surface area contributed by atoms with E-state index < -0.39 is 17.9 Å². The van der Waals surface area contributed by atoms with Gasteiger partial charge in [0.05, 0.1) is 19.1 Å². The lowest BCUT2D eigenvalue weighted by molar-refractivity contribution is -0.139. The van der Waals surface area contributed by atoms with Gasteiger partial charge in [0, 0.05) is 0 Å². The minimum Gasteiger partial charge on any atom is -0.480 e. The number of terminal acetylenes is 1. The number of hydrogen-bond acceptors (Lipinski definition) is 3. The van der Waals surface area contributed by atoms with Crippen molar-refractivity contribution in [2.75, 3.05) is 13.1 Å². The highest BCUT2D eigenvalue weighted by Gasteiger charge is 2.22. The summed E-state index contributed by atoms with van der Waals surface area (Å²) in [6, 6.07) is -0.609. The van der Waals surface area contributed by atoms with Gasteiger partial charge in [0.2, 0.25) is 5.91 Å². The average Bonchev–Trinajstić information content (AvgIpc) is 2.03. The zero-order valence-electron chi connectivity index (χ0n) is 8.06. The molecule has 1 unspecified atom stereocenters. The Bertz CT molecular complexity index is 257. The van der Waals surface area contributed by atoms with E-state index in [2.05, 4.69) is 5.92 Å². The van der Waals surface area contributed by atoms with Crippen LogP contribution < -0.4 is 5.73 Å². The third kappa shape index (κ3) is 3.92. The van der Waals surface area contributed by atoms with E-state index in [0.29, 0.717) is 6.42 Å². The summed E-state index contributed by atoms with van der Waals surface area (Å²) in [5.74, 6) is 0.718. The molecule has 5 heteroatoms. The fourth-order valence-electron chi connectivity index (χ4n) is 1.21. The molecule has 78 valence electrons. The van der Waals surface area contributed by atoms with Gasteiger partial charge in [0.1, 0.15) is 0 Å². The molecule has 1 atom stereocenters. The number of carbonyl (C=O) groups excluding carboxylic acids is 1. The van der Waals surface area contributed by atoms with Crippen LogP contribution in [0.2, 0.25) is 0 Å². The first-order valence-electron chi connectivity index (χ1n) is 4.21. The molecule has 0 saturated carbocycles. The van der Waals surface area contributed by atoms with Gasteiger partial charge in [-0.15, -0.1) is 6.42 Å². The second kappa shape index (κ2) is 6.00. The smallest absolute Gasteiger partial charge is 0.317 e. The van der Waals surface area contributed by atoms with E-state index in [1.807, 2.05) is 0 Å². The van der Waals surface area contributed by atoms with E-state index in [4.69, 9.17) is 17.3 Å². The molecule has 0 aliphatic heterocycles. The van der Waals surface area contributed by atoms with Crippen LogP contribution in [0.5, 0.6) is 0 Å². The molecule has 0 saturated heterocycles. The van der Waals surface area contributed by atoms with Crippen LogP contribution >= 0.6 is 0 Å². The summed E-state index contributed by atoms with van der Waals surface area (Å²) in [6.45, 7) is 1.58. The van der Waals surface area contributed by atoms with Crippen LogP contribution in [-0.4, -0.2) is 41.0 Å². The van der Waals surface area contributed by atoms with Crippen LogP contribution in [0.4, 0.5) is 0 Å². The standard InChI is InChI=1S/C9H14N2O3/c1-3-5-11(6-8(12)13)7(4-2)9(10)14/h1,7H,4-6H2,2H3,(H2,10,14)(H,12,13). The number of nitrogens with two attached hydrogens (primary N) is 1. The summed E-state index contributed by atoms with van der Waals surface area (Å²) in [5, 5.41) is 8.57. The lowest BCUT2D eigenvalue weighted by Crippen LogP contribution is -2.46.